The molecule has 1 radical (unpaired) electrons. The van der Waals surface area contributed by atoms with E-state index in [1.807, 2.05) is 0 Å². The maximum atomic E-state index is 5.98. The first-order chi connectivity index (χ1) is 7.92. The van der Waals surface area contributed by atoms with E-state index in [9.17, 15) is 0 Å². The number of hydrogen-bond donors (Lipinski definition) is 0. The Kier molecular flexibility index (Phi) is 4.19. The molecule has 0 aliphatic rings. The van der Waals surface area contributed by atoms with Gasteiger partial charge in [-0.05, 0) is 0 Å². The first kappa shape index (κ1) is 11.4. The molecule has 0 aliphatic heterocycles. The monoisotopic (exact) mass is 273 g/mol. The summed E-state index contributed by atoms with van der Waals surface area (Å²) in [5.74, 6) is 0. The van der Waals surface area contributed by atoms with E-state index in [-0.39, 0.29) is 0 Å². The molecule has 81 valence electrons. The summed E-state index contributed by atoms with van der Waals surface area (Å²) in [6, 6.07) is 21.2. The van der Waals surface area contributed by atoms with E-state index < -0.39 is 14.7 Å². The molecule has 2 heteroatoms. The quantitative estimate of drug-likeness (QED) is 0.771. The third-order valence-corrected chi connectivity index (χ3v) is 7.17. The topological polar surface area (TPSA) is 9.23 Å². The van der Waals surface area contributed by atoms with Crippen LogP contribution in [0.4, 0.5) is 0 Å². The van der Waals surface area contributed by atoms with Crippen LogP contribution in [0.25, 0.3) is 0 Å². The molecule has 2 aromatic rings. The van der Waals surface area contributed by atoms with Gasteiger partial charge in [-0.15, -0.1) is 0 Å². The zero-order valence-corrected chi connectivity index (χ0v) is 11.5. The molecule has 0 heterocycles. The second kappa shape index (κ2) is 5.87. The molecule has 2 rings (SSSR count). The van der Waals surface area contributed by atoms with Crippen LogP contribution in [-0.4, -0.2) is 21.3 Å². The summed E-state index contributed by atoms with van der Waals surface area (Å²) in [7, 11) is 0. The molecule has 0 aromatic heterocycles. The van der Waals surface area contributed by atoms with Crippen molar-refractivity contribution in [1.82, 2.24) is 0 Å². The van der Waals surface area contributed by atoms with Crippen molar-refractivity contribution >= 4 is 23.5 Å². The van der Waals surface area contributed by atoms with Crippen molar-refractivity contribution in [1.29, 1.82) is 0 Å². The molecular formula is C14H15GeO. The standard InChI is InChI=1S/C14H15GeO/c1-2-16-15(13-9-5-3-6-10-13)14-11-7-4-8-12-14/h3-12H,2H2,1H3. The van der Waals surface area contributed by atoms with Crippen molar-refractivity contribution in [3.8, 4) is 0 Å². The first-order valence-corrected chi connectivity index (χ1v) is 8.48. The molecule has 0 saturated heterocycles. The average Bonchev–Trinajstić information content (AvgIpc) is 2.38. The fourth-order valence-electron chi connectivity index (χ4n) is 1.66. The van der Waals surface area contributed by atoms with Crippen LogP contribution in [0.15, 0.2) is 60.7 Å². The number of rotatable bonds is 4. The Morgan fingerprint density at radius 2 is 1.25 bits per heavy atom. The summed E-state index contributed by atoms with van der Waals surface area (Å²) < 4.78 is 8.72. The van der Waals surface area contributed by atoms with E-state index in [2.05, 4.69) is 67.6 Å². The summed E-state index contributed by atoms with van der Waals surface area (Å²) in [5.41, 5.74) is 0. The third-order valence-electron chi connectivity index (χ3n) is 2.36. The van der Waals surface area contributed by atoms with Gasteiger partial charge in [0, 0.05) is 0 Å². The van der Waals surface area contributed by atoms with Gasteiger partial charge in [0.2, 0.25) is 0 Å². The SMILES string of the molecule is CC[O][Ge]([c]1ccccc1)[c]1ccccc1. The van der Waals surface area contributed by atoms with Crippen LogP contribution in [0.1, 0.15) is 6.92 Å². The Morgan fingerprint density at radius 1 is 0.812 bits per heavy atom. The van der Waals surface area contributed by atoms with Crippen molar-refractivity contribution in [2.24, 2.45) is 0 Å². The maximum absolute atomic E-state index is 5.98. The van der Waals surface area contributed by atoms with Crippen LogP contribution in [0.2, 0.25) is 0 Å². The Morgan fingerprint density at radius 3 is 1.62 bits per heavy atom. The van der Waals surface area contributed by atoms with Gasteiger partial charge in [-0.25, -0.2) is 0 Å². The van der Waals surface area contributed by atoms with E-state index in [0.29, 0.717) is 0 Å². The third kappa shape index (κ3) is 2.74. The number of benzene rings is 2. The van der Waals surface area contributed by atoms with Crippen LogP contribution in [0, 0.1) is 0 Å². The van der Waals surface area contributed by atoms with E-state index in [4.69, 9.17) is 3.76 Å². The normalized spacial score (nSPS) is 10.6. The molecule has 0 N–H and O–H groups in total. The summed E-state index contributed by atoms with van der Waals surface area (Å²) >= 11 is -1.75. The first-order valence-electron chi connectivity index (χ1n) is 5.52. The van der Waals surface area contributed by atoms with Gasteiger partial charge in [-0.3, -0.25) is 0 Å². The van der Waals surface area contributed by atoms with Crippen LogP contribution >= 0.6 is 0 Å². The van der Waals surface area contributed by atoms with Crippen molar-refractivity contribution < 1.29 is 3.76 Å². The van der Waals surface area contributed by atoms with Crippen molar-refractivity contribution in [2.45, 2.75) is 6.92 Å². The molecular weight excluding hydrogens is 257 g/mol. The predicted molar refractivity (Wildman–Crippen MR) is 69.5 cm³/mol. The van der Waals surface area contributed by atoms with Gasteiger partial charge in [-0.1, -0.05) is 0 Å². The Hall–Kier alpha value is -1.06. The second-order valence-electron chi connectivity index (χ2n) is 3.49. The molecule has 16 heavy (non-hydrogen) atoms. The van der Waals surface area contributed by atoms with Crippen molar-refractivity contribution in [2.75, 3.05) is 6.61 Å². The Bertz CT molecular complexity index is 374. The van der Waals surface area contributed by atoms with Gasteiger partial charge < -0.3 is 0 Å². The zero-order valence-electron chi connectivity index (χ0n) is 9.39. The molecule has 0 atom stereocenters. The summed E-state index contributed by atoms with van der Waals surface area (Å²) in [4.78, 5) is 0. The minimum absolute atomic E-state index is 0.791. The summed E-state index contributed by atoms with van der Waals surface area (Å²) in [5, 5.41) is 0. The molecule has 0 amide bonds. The van der Waals surface area contributed by atoms with Crippen molar-refractivity contribution in [3.05, 3.63) is 60.7 Å². The van der Waals surface area contributed by atoms with Crippen LogP contribution < -0.4 is 8.79 Å². The van der Waals surface area contributed by atoms with Gasteiger partial charge in [-0.2, -0.15) is 0 Å². The molecule has 0 unspecified atom stereocenters. The van der Waals surface area contributed by atoms with Crippen LogP contribution in [0.5, 0.6) is 0 Å². The molecule has 2 aromatic carbocycles. The van der Waals surface area contributed by atoms with Gasteiger partial charge in [0.15, 0.2) is 0 Å². The predicted octanol–water partition coefficient (Wildman–Crippen LogP) is 1.83. The van der Waals surface area contributed by atoms with E-state index in [1.54, 1.807) is 0 Å². The summed E-state index contributed by atoms with van der Waals surface area (Å²) in [6.07, 6.45) is 0. The molecule has 0 spiro atoms. The molecule has 0 saturated carbocycles. The molecule has 1 nitrogen and oxygen atoms in total. The van der Waals surface area contributed by atoms with E-state index >= 15 is 0 Å². The van der Waals surface area contributed by atoms with Gasteiger partial charge in [0.25, 0.3) is 0 Å². The molecule has 0 fully saturated rings. The van der Waals surface area contributed by atoms with Crippen LogP contribution in [-0.2, 0) is 3.76 Å². The second-order valence-corrected chi connectivity index (χ2v) is 7.90. The van der Waals surface area contributed by atoms with Gasteiger partial charge in [0.1, 0.15) is 0 Å². The Balaban J connectivity index is 2.31. The fraction of sp³-hybridized carbons (Fsp3) is 0.143. The minimum atomic E-state index is -1.75. The zero-order chi connectivity index (χ0) is 11.2. The molecule has 0 aliphatic carbocycles. The van der Waals surface area contributed by atoms with Gasteiger partial charge >= 0.3 is 101 Å². The molecule has 0 bridgehead atoms. The number of hydrogen-bond acceptors (Lipinski definition) is 1. The average molecular weight is 272 g/mol. The van der Waals surface area contributed by atoms with Gasteiger partial charge in [0.05, 0.1) is 0 Å². The van der Waals surface area contributed by atoms with Crippen molar-refractivity contribution in [3.63, 3.8) is 0 Å². The summed E-state index contributed by atoms with van der Waals surface area (Å²) in [6.45, 7) is 2.86. The van der Waals surface area contributed by atoms with E-state index in [0.717, 1.165) is 6.61 Å². The fourth-order valence-corrected chi connectivity index (χ4v) is 5.74. The van der Waals surface area contributed by atoms with Crippen LogP contribution in [0.3, 0.4) is 0 Å². The Labute approximate surface area is 102 Å². The van der Waals surface area contributed by atoms with E-state index in [1.165, 1.54) is 8.79 Å².